The van der Waals surface area contributed by atoms with Crippen molar-refractivity contribution < 1.29 is 9.50 Å². The minimum absolute atomic E-state index is 0.0718. The van der Waals surface area contributed by atoms with E-state index in [9.17, 15) is 14.3 Å². The number of hydrogen-bond donors (Lipinski definition) is 1. The molecule has 1 aromatic heterocycles. The molecule has 1 heterocycles. The molecule has 0 bridgehead atoms. The highest BCUT2D eigenvalue weighted by Crippen LogP contribution is 2.27. The van der Waals surface area contributed by atoms with Crippen molar-refractivity contribution in [3.63, 3.8) is 0 Å². The van der Waals surface area contributed by atoms with E-state index in [1.54, 1.807) is 41.8 Å². The van der Waals surface area contributed by atoms with E-state index in [2.05, 4.69) is 4.98 Å². The van der Waals surface area contributed by atoms with Gasteiger partial charge in [-0.15, -0.1) is 0 Å². The van der Waals surface area contributed by atoms with Gasteiger partial charge in [-0.25, -0.2) is 9.37 Å². The first-order chi connectivity index (χ1) is 12.5. The van der Waals surface area contributed by atoms with Gasteiger partial charge in [-0.05, 0) is 49.6 Å². The Hall–Kier alpha value is -2.95. The third kappa shape index (κ3) is 3.52. The van der Waals surface area contributed by atoms with Gasteiger partial charge >= 0.3 is 0 Å². The fraction of sp³-hybridized carbons (Fsp3) is 0.238. The molecule has 0 fully saturated rings. The standard InChI is InChI=1S/C21H21FN2O2/c1-3-17-14(2)23-20(18-9-4-5-10-19(18)25)24(21(17)26)12-11-15-7-6-8-16(22)13-15/h4-10,13,25H,3,11-12H2,1-2H3. The minimum atomic E-state index is -0.299. The summed E-state index contributed by atoms with van der Waals surface area (Å²) in [5, 5.41) is 10.2. The van der Waals surface area contributed by atoms with Crippen molar-refractivity contribution in [3.8, 4) is 17.1 Å². The van der Waals surface area contributed by atoms with Crippen LogP contribution in [0.4, 0.5) is 4.39 Å². The lowest BCUT2D eigenvalue weighted by molar-refractivity contribution is 0.476. The molecule has 134 valence electrons. The molecule has 0 saturated carbocycles. The Labute approximate surface area is 151 Å². The summed E-state index contributed by atoms with van der Waals surface area (Å²) < 4.78 is 15.0. The zero-order chi connectivity index (χ0) is 18.7. The van der Waals surface area contributed by atoms with Gasteiger partial charge in [0.2, 0.25) is 0 Å². The smallest absolute Gasteiger partial charge is 0.257 e. The molecule has 0 atom stereocenters. The number of aromatic nitrogens is 2. The topological polar surface area (TPSA) is 55.1 Å². The normalized spacial score (nSPS) is 10.9. The third-order valence-electron chi connectivity index (χ3n) is 4.48. The maximum atomic E-state index is 13.4. The van der Waals surface area contributed by atoms with E-state index in [-0.39, 0.29) is 17.1 Å². The molecule has 0 aliphatic heterocycles. The molecular weight excluding hydrogens is 331 g/mol. The van der Waals surface area contributed by atoms with Gasteiger partial charge in [-0.3, -0.25) is 9.36 Å². The molecule has 0 aliphatic carbocycles. The maximum Gasteiger partial charge on any atom is 0.257 e. The second-order valence-electron chi connectivity index (χ2n) is 6.21. The Kier molecular flexibility index (Phi) is 5.16. The number of phenolic OH excluding ortho intramolecular Hbond substituents is 1. The minimum Gasteiger partial charge on any atom is -0.507 e. The van der Waals surface area contributed by atoms with Crippen molar-refractivity contribution in [2.75, 3.05) is 0 Å². The number of hydrogen-bond acceptors (Lipinski definition) is 3. The fourth-order valence-corrected chi connectivity index (χ4v) is 3.12. The van der Waals surface area contributed by atoms with Crippen LogP contribution in [0, 0.1) is 12.7 Å². The lowest BCUT2D eigenvalue weighted by Gasteiger charge is -2.16. The summed E-state index contributed by atoms with van der Waals surface area (Å²) in [6.45, 7) is 4.08. The van der Waals surface area contributed by atoms with Gasteiger partial charge in [-0.2, -0.15) is 0 Å². The number of para-hydroxylation sites is 1. The first-order valence-corrected chi connectivity index (χ1v) is 8.64. The van der Waals surface area contributed by atoms with Crippen molar-refractivity contribution in [3.05, 3.63) is 81.5 Å². The lowest BCUT2D eigenvalue weighted by atomic mass is 10.1. The summed E-state index contributed by atoms with van der Waals surface area (Å²) in [6, 6.07) is 13.2. The first kappa shape index (κ1) is 17.9. The Morgan fingerprint density at radius 2 is 1.92 bits per heavy atom. The molecule has 0 amide bonds. The van der Waals surface area contributed by atoms with Crippen molar-refractivity contribution in [2.45, 2.75) is 33.2 Å². The molecule has 26 heavy (non-hydrogen) atoms. The zero-order valence-corrected chi connectivity index (χ0v) is 14.9. The molecule has 3 rings (SSSR count). The highest BCUT2D eigenvalue weighted by Gasteiger charge is 2.16. The van der Waals surface area contributed by atoms with Gasteiger partial charge in [0.05, 0.1) is 5.56 Å². The van der Waals surface area contributed by atoms with Crippen molar-refractivity contribution in [2.24, 2.45) is 0 Å². The summed E-state index contributed by atoms with van der Waals surface area (Å²) in [7, 11) is 0. The van der Waals surface area contributed by atoms with Crippen LogP contribution >= 0.6 is 0 Å². The van der Waals surface area contributed by atoms with Gasteiger partial charge in [0.15, 0.2) is 0 Å². The first-order valence-electron chi connectivity index (χ1n) is 8.64. The SMILES string of the molecule is CCc1c(C)nc(-c2ccccc2O)n(CCc2cccc(F)c2)c1=O. The van der Waals surface area contributed by atoms with E-state index in [0.29, 0.717) is 42.0 Å². The van der Waals surface area contributed by atoms with Gasteiger partial charge < -0.3 is 5.11 Å². The fourth-order valence-electron chi connectivity index (χ4n) is 3.12. The molecular formula is C21H21FN2O2. The quantitative estimate of drug-likeness (QED) is 0.758. The summed E-state index contributed by atoms with van der Waals surface area (Å²) in [6.07, 6.45) is 1.07. The van der Waals surface area contributed by atoms with E-state index < -0.39 is 0 Å². The predicted molar refractivity (Wildman–Crippen MR) is 99.8 cm³/mol. The summed E-state index contributed by atoms with van der Waals surface area (Å²) >= 11 is 0. The van der Waals surface area contributed by atoms with Crippen molar-refractivity contribution in [1.82, 2.24) is 9.55 Å². The molecule has 0 radical (unpaired) electrons. The zero-order valence-electron chi connectivity index (χ0n) is 14.9. The highest BCUT2D eigenvalue weighted by molar-refractivity contribution is 5.64. The molecule has 0 saturated heterocycles. The summed E-state index contributed by atoms with van der Waals surface area (Å²) in [5.74, 6) is 0.203. The number of aryl methyl sites for hydroxylation is 2. The molecule has 5 heteroatoms. The summed E-state index contributed by atoms with van der Waals surface area (Å²) in [4.78, 5) is 17.6. The van der Waals surface area contributed by atoms with Crippen LogP contribution in [0.15, 0.2) is 53.3 Å². The van der Waals surface area contributed by atoms with Gasteiger partial charge in [0.25, 0.3) is 5.56 Å². The van der Waals surface area contributed by atoms with Crippen LogP contribution in [-0.2, 0) is 19.4 Å². The third-order valence-corrected chi connectivity index (χ3v) is 4.48. The van der Waals surface area contributed by atoms with Crippen LogP contribution < -0.4 is 5.56 Å². The molecule has 0 aliphatic rings. The molecule has 3 aromatic rings. The van der Waals surface area contributed by atoms with Gasteiger partial charge in [0, 0.05) is 17.8 Å². The number of benzene rings is 2. The van der Waals surface area contributed by atoms with Crippen LogP contribution in [0.3, 0.4) is 0 Å². The van der Waals surface area contributed by atoms with Crippen molar-refractivity contribution >= 4 is 0 Å². The van der Waals surface area contributed by atoms with E-state index in [0.717, 1.165) is 5.56 Å². The van der Waals surface area contributed by atoms with Crippen LogP contribution in [0.1, 0.15) is 23.7 Å². The van der Waals surface area contributed by atoms with Crippen LogP contribution in [0.25, 0.3) is 11.4 Å². The molecule has 2 aromatic carbocycles. The largest absolute Gasteiger partial charge is 0.507 e. The molecule has 4 nitrogen and oxygen atoms in total. The van der Waals surface area contributed by atoms with Crippen LogP contribution in [0.2, 0.25) is 0 Å². The second-order valence-corrected chi connectivity index (χ2v) is 6.21. The van der Waals surface area contributed by atoms with E-state index in [4.69, 9.17) is 0 Å². The predicted octanol–water partition coefficient (Wildman–Crippen LogP) is 3.87. The van der Waals surface area contributed by atoms with E-state index >= 15 is 0 Å². The van der Waals surface area contributed by atoms with Crippen LogP contribution in [-0.4, -0.2) is 14.7 Å². The van der Waals surface area contributed by atoms with E-state index in [1.807, 2.05) is 13.0 Å². The van der Waals surface area contributed by atoms with Crippen LogP contribution in [0.5, 0.6) is 5.75 Å². The average Bonchev–Trinajstić information content (AvgIpc) is 2.61. The van der Waals surface area contributed by atoms with Gasteiger partial charge in [0.1, 0.15) is 17.4 Å². The number of phenols is 1. The summed E-state index contributed by atoms with van der Waals surface area (Å²) in [5.41, 5.74) is 2.52. The Morgan fingerprint density at radius 1 is 1.15 bits per heavy atom. The number of rotatable bonds is 5. The average molecular weight is 352 g/mol. The van der Waals surface area contributed by atoms with Gasteiger partial charge in [-0.1, -0.05) is 31.2 Å². The molecule has 0 unspecified atom stereocenters. The number of aromatic hydroxyl groups is 1. The monoisotopic (exact) mass is 352 g/mol. The maximum absolute atomic E-state index is 13.4. The van der Waals surface area contributed by atoms with Crippen molar-refractivity contribution in [1.29, 1.82) is 0 Å². The Balaban J connectivity index is 2.09. The Bertz CT molecular complexity index is 996. The lowest BCUT2D eigenvalue weighted by Crippen LogP contribution is -2.28. The van der Waals surface area contributed by atoms with E-state index in [1.165, 1.54) is 12.1 Å². The number of nitrogens with zero attached hydrogens (tertiary/aromatic N) is 2. The highest BCUT2D eigenvalue weighted by atomic mass is 19.1. The molecule has 0 spiro atoms. The second kappa shape index (κ2) is 7.52. The molecule has 1 N–H and O–H groups in total. The number of halogens is 1. The Morgan fingerprint density at radius 3 is 2.62 bits per heavy atom.